The van der Waals surface area contributed by atoms with Crippen molar-refractivity contribution in [1.29, 1.82) is 0 Å². The van der Waals surface area contributed by atoms with Gasteiger partial charge >= 0.3 is 4.87 Å². The number of thiazole rings is 1. The van der Waals surface area contributed by atoms with Gasteiger partial charge in [-0.15, -0.1) is 0 Å². The zero-order valence-electron chi connectivity index (χ0n) is 9.80. The highest BCUT2D eigenvalue weighted by molar-refractivity contribution is 7.07. The van der Waals surface area contributed by atoms with Gasteiger partial charge in [0.25, 0.3) is 0 Å². The van der Waals surface area contributed by atoms with Gasteiger partial charge in [-0.1, -0.05) is 11.3 Å². The van der Waals surface area contributed by atoms with Crippen molar-refractivity contribution in [3.8, 4) is 0 Å². The van der Waals surface area contributed by atoms with Crippen LogP contribution in [0.25, 0.3) is 0 Å². The summed E-state index contributed by atoms with van der Waals surface area (Å²) in [6.45, 7) is 5.17. The highest BCUT2D eigenvalue weighted by Gasteiger charge is 2.04. The quantitative estimate of drug-likeness (QED) is 0.893. The minimum Gasteiger partial charge on any atom is -0.370 e. The second kappa shape index (κ2) is 5.09. The van der Waals surface area contributed by atoms with E-state index in [1.165, 1.54) is 11.3 Å². The van der Waals surface area contributed by atoms with Crippen LogP contribution in [-0.2, 0) is 6.54 Å². The van der Waals surface area contributed by atoms with Crippen LogP contribution in [0.15, 0.2) is 22.4 Å². The van der Waals surface area contributed by atoms with Crippen LogP contribution in [0.5, 0.6) is 0 Å². The highest BCUT2D eigenvalue weighted by Crippen LogP contribution is 2.06. The van der Waals surface area contributed by atoms with Gasteiger partial charge in [0.15, 0.2) is 5.82 Å². The van der Waals surface area contributed by atoms with Gasteiger partial charge < -0.3 is 5.32 Å². The summed E-state index contributed by atoms with van der Waals surface area (Å²) in [4.78, 5) is 20.1. The molecule has 0 aliphatic carbocycles. The molecule has 0 bridgehead atoms. The van der Waals surface area contributed by atoms with E-state index in [1.54, 1.807) is 16.1 Å². The summed E-state index contributed by atoms with van der Waals surface area (Å²) in [5, 5.41) is 4.91. The molecule has 5 nitrogen and oxygen atoms in total. The molecule has 0 fully saturated rings. The lowest BCUT2D eigenvalue weighted by atomic mass is 10.4. The molecule has 0 unspecified atom stereocenters. The van der Waals surface area contributed by atoms with Crippen LogP contribution in [0.2, 0.25) is 0 Å². The number of hydrogen-bond donors (Lipinski definition) is 1. The number of hydrogen-bond acceptors (Lipinski definition) is 5. The summed E-state index contributed by atoms with van der Waals surface area (Å²) in [6, 6.07) is 1.89. The van der Waals surface area contributed by atoms with Gasteiger partial charge in [0.1, 0.15) is 5.82 Å². The topological polar surface area (TPSA) is 59.8 Å². The SMILES string of the molecule is CCNc1cc(C)nc(Cn2ccsc2=O)n1. The molecular formula is C11H14N4OS. The largest absolute Gasteiger partial charge is 0.370 e. The van der Waals surface area contributed by atoms with E-state index in [0.717, 1.165) is 18.1 Å². The van der Waals surface area contributed by atoms with E-state index in [1.807, 2.05) is 19.9 Å². The molecule has 1 N–H and O–H groups in total. The Kier molecular flexibility index (Phi) is 3.53. The molecule has 17 heavy (non-hydrogen) atoms. The number of nitrogens with one attached hydrogen (secondary N) is 1. The van der Waals surface area contributed by atoms with Crippen LogP contribution < -0.4 is 10.2 Å². The van der Waals surface area contributed by atoms with E-state index in [4.69, 9.17) is 0 Å². The van der Waals surface area contributed by atoms with Gasteiger partial charge in [-0.25, -0.2) is 9.97 Å². The van der Waals surface area contributed by atoms with Gasteiger partial charge in [0, 0.05) is 29.9 Å². The van der Waals surface area contributed by atoms with Gasteiger partial charge in [-0.2, -0.15) is 0 Å². The van der Waals surface area contributed by atoms with Crippen molar-refractivity contribution in [3.63, 3.8) is 0 Å². The Morgan fingerprint density at radius 2 is 2.29 bits per heavy atom. The Morgan fingerprint density at radius 1 is 1.47 bits per heavy atom. The minimum atomic E-state index is 0.0140. The molecule has 2 aromatic rings. The van der Waals surface area contributed by atoms with Crippen molar-refractivity contribution in [2.24, 2.45) is 0 Å². The summed E-state index contributed by atoms with van der Waals surface area (Å²) in [7, 11) is 0. The molecular weight excluding hydrogens is 236 g/mol. The molecule has 0 amide bonds. The third kappa shape index (κ3) is 2.91. The van der Waals surface area contributed by atoms with Crippen LogP contribution in [0.1, 0.15) is 18.4 Å². The molecule has 0 aliphatic rings. The summed E-state index contributed by atoms with van der Waals surface area (Å²) < 4.78 is 1.61. The predicted octanol–water partition coefficient (Wildman–Crippen LogP) is 1.49. The average Bonchev–Trinajstić information content (AvgIpc) is 2.64. The smallest absolute Gasteiger partial charge is 0.307 e. The molecule has 0 saturated carbocycles. The van der Waals surface area contributed by atoms with Crippen LogP contribution >= 0.6 is 11.3 Å². The lowest BCUT2D eigenvalue weighted by molar-refractivity contribution is 0.729. The third-order valence-corrected chi connectivity index (χ3v) is 2.91. The van der Waals surface area contributed by atoms with E-state index >= 15 is 0 Å². The van der Waals surface area contributed by atoms with E-state index in [2.05, 4.69) is 15.3 Å². The predicted molar refractivity (Wildman–Crippen MR) is 68.6 cm³/mol. The standard InChI is InChI=1S/C11H14N4OS/c1-3-12-9-6-8(2)13-10(14-9)7-15-4-5-17-11(15)16/h4-6H,3,7H2,1-2H3,(H,12,13,14). The van der Waals surface area contributed by atoms with Crippen molar-refractivity contribution < 1.29 is 0 Å². The molecule has 2 heterocycles. The third-order valence-electron chi connectivity index (χ3n) is 2.21. The fourth-order valence-electron chi connectivity index (χ4n) is 1.53. The van der Waals surface area contributed by atoms with Crippen molar-refractivity contribution >= 4 is 17.2 Å². The minimum absolute atomic E-state index is 0.0140. The fourth-order valence-corrected chi connectivity index (χ4v) is 2.12. The number of aryl methyl sites for hydroxylation is 1. The monoisotopic (exact) mass is 250 g/mol. The maximum absolute atomic E-state index is 11.4. The lowest BCUT2D eigenvalue weighted by Crippen LogP contribution is -2.15. The summed E-state index contributed by atoms with van der Waals surface area (Å²) in [5.41, 5.74) is 0.897. The van der Waals surface area contributed by atoms with Crippen LogP contribution in [0.3, 0.4) is 0 Å². The first-order valence-electron chi connectivity index (χ1n) is 5.41. The maximum atomic E-state index is 11.4. The summed E-state index contributed by atoms with van der Waals surface area (Å²) in [6.07, 6.45) is 1.76. The second-order valence-corrected chi connectivity index (χ2v) is 4.50. The Balaban J connectivity index is 2.26. The first-order valence-corrected chi connectivity index (χ1v) is 6.29. The first-order chi connectivity index (χ1) is 8.19. The van der Waals surface area contributed by atoms with Crippen LogP contribution in [0, 0.1) is 6.92 Å². The summed E-state index contributed by atoms with van der Waals surface area (Å²) in [5.74, 6) is 1.46. The Morgan fingerprint density at radius 3 is 2.94 bits per heavy atom. The Bertz CT molecular complexity index is 561. The zero-order valence-corrected chi connectivity index (χ0v) is 10.6. The van der Waals surface area contributed by atoms with Gasteiger partial charge in [-0.05, 0) is 13.8 Å². The van der Waals surface area contributed by atoms with E-state index in [9.17, 15) is 4.79 Å². The molecule has 0 aromatic carbocycles. The molecule has 2 aromatic heterocycles. The average molecular weight is 250 g/mol. The number of aromatic nitrogens is 3. The first kappa shape index (κ1) is 11.8. The van der Waals surface area contributed by atoms with E-state index in [0.29, 0.717) is 12.4 Å². The normalized spacial score (nSPS) is 10.5. The van der Waals surface area contributed by atoms with E-state index in [-0.39, 0.29) is 4.87 Å². The molecule has 0 atom stereocenters. The van der Waals surface area contributed by atoms with Gasteiger partial charge in [0.05, 0.1) is 6.54 Å². The van der Waals surface area contributed by atoms with Crippen LogP contribution in [-0.4, -0.2) is 21.1 Å². The number of rotatable bonds is 4. The molecule has 0 spiro atoms. The van der Waals surface area contributed by atoms with Gasteiger partial charge in [0.2, 0.25) is 0 Å². The highest BCUT2D eigenvalue weighted by atomic mass is 32.1. The molecule has 6 heteroatoms. The number of anilines is 1. The molecule has 90 valence electrons. The van der Waals surface area contributed by atoms with Crippen molar-refractivity contribution in [3.05, 3.63) is 38.8 Å². The van der Waals surface area contributed by atoms with Crippen molar-refractivity contribution in [2.75, 3.05) is 11.9 Å². The van der Waals surface area contributed by atoms with Gasteiger partial charge in [-0.3, -0.25) is 9.36 Å². The lowest BCUT2D eigenvalue weighted by Gasteiger charge is -2.06. The maximum Gasteiger partial charge on any atom is 0.307 e. The molecule has 2 rings (SSSR count). The molecule has 0 saturated heterocycles. The zero-order chi connectivity index (χ0) is 12.3. The van der Waals surface area contributed by atoms with Crippen LogP contribution in [0.4, 0.5) is 5.82 Å². The second-order valence-electron chi connectivity index (χ2n) is 3.64. The number of nitrogens with zero attached hydrogens (tertiary/aromatic N) is 3. The molecule has 0 radical (unpaired) electrons. The van der Waals surface area contributed by atoms with Crippen molar-refractivity contribution in [1.82, 2.24) is 14.5 Å². The Hall–Kier alpha value is -1.69. The summed E-state index contributed by atoms with van der Waals surface area (Å²) >= 11 is 1.18. The fraction of sp³-hybridized carbons (Fsp3) is 0.364. The Labute approximate surface area is 103 Å². The molecule has 0 aliphatic heterocycles. The van der Waals surface area contributed by atoms with E-state index < -0.39 is 0 Å². The van der Waals surface area contributed by atoms with Crippen molar-refractivity contribution in [2.45, 2.75) is 20.4 Å².